The number of benzene rings is 1. The Labute approximate surface area is 149 Å². The summed E-state index contributed by atoms with van der Waals surface area (Å²) in [6, 6.07) is 12.3. The van der Waals surface area contributed by atoms with Gasteiger partial charge in [0.05, 0.1) is 12.7 Å². The first kappa shape index (κ1) is 16.5. The van der Waals surface area contributed by atoms with E-state index in [1.165, 1.54) is 0 Å². The zero-order chi connectivity index (χ0) is 17.1. The molecule has 3 rings (SSSR count). The number of hydrogen-bond donors (Lipinski definition) is 1. The van der Waals surface area contributed by atoms with E-state index < -0.39 is 0 Å². The molecule has 1 N–H and O–H groups in total. The molecule has 0 atom stereocenters. The fourth-order valence-corrected chi connectivity index (χ4v) is 2.69. The summed E-state index contributed by atoms with van der Waals surface area (Å²) in [5.74, 6) is 0.275. The molecule has 122 valence electrons. The molecule has 0 saturated carbocycles. The van der Waals surface area contributed by atoms with Crippen LogP contribution in [0.3, 0.4) is 0 Å². The standard InChI is InChI=1S/C17H14Cl2N4O/c1-11-3-2-4-15(21-11)17(24)22-16-7-8-20-23(16)10-12-5-6-13(18)9-14(12)19/h2-9H,10H2,1H3,(H,22,24). The minimum Gasteiger partial charge on any atom is -0.305 e. The Hall–Kier alpha value is -2.37. The second-order valence-electron chi connectivity index (χ2n) is 5.23. The number of halogens is 2. The fraction of sp³-hybridized carbons (Fsp3) is 0.118. The molecule has 5 nitrogen and oxygen atoms in total. The van der Waals surface area contributed by atoms with Crippen molar-refractivity contribution in [3.05, 3.63) is 75.7 Å². The van der Waals surface area contributed by atoms with Gasteiger partial charge >= 0.3 is 0 Å². The van der Waals surface area contributed by atoms with E-state index >= 15 is 0 Å². The van der Waals surface area contributed by atoms with Gasteiger partial charge in [0.15, 0.2) is 0 Å². The van der Waals surface area contributed by atoms with Crippen molar-refractivity contribution in [2.75, 3.05) is 5.32 Å². The molecular weight excluding hydrogens is 347 g/mol. The molecule has 0 aliphatic carbocycles. The Bertz CT molecular complexity index is 892. The molecule has 0 bridgehead atoms. The largest absolute Gasteiger partial charge is 0.305 e. The van der Waals surface area contributed by atoms with Crippen LogP contribution >= 0.6 is 23.2 Å². The number of amides is 1. The molecule has 1 amide bonds. The lowest BCUT2D eigenvalue weighted by Crippen LogP contribution is -2.17. The molecule has 2 aromatic heterocycles. The van der Waals surface area contributed by atoms with Crippen molar-refractivity contribution in [3.63, 3.8) is 0 Å². The smallest absolute Gasteiger partial charge is 0.275 e. The van der Waals surface area contributed by atoms with Gasteiger partial charge in [-0.25, -0.2) is 9.67 Å². The summed E-state index contributed by atoms with van der Waals surface area (Å²) in [7, 11) is 0. The molecule has 2 heterocycles. The van der Waals surface area contributed by atoms with E-state index in [0.717, 1.165) is 11.3 Å². The molecule has 0 radical (unpaired) electrons. The van der Waals surface area contributed by atoms with E-state index in [4.69, 9.17) is 23.2 Å². The monoisotopic (exact) mass is 360 g/mol. The number of pyridine rings is 1. The van der Waals surface area contributed by atoms with Crippen LogP contribution in [0.1, 0.15) is 21.7 Å². The molecule has 7 heteroatoms. The molecule has 3 aromatic rings. The van der Waals surface area contributed by atoms with Crippen LogP contribution in [0, 0.1) is 6.92 Å². The van der Waals surface area contributed by atoms with Crippen LogP contribution in [-0.4, -0.2) is 20.7 Å². The summed E-state index contributed by atoms with van der Waals surface area (Å²) >= 11 is 12.1. The number of nitrogens with one attached hydrogen (secondary N) is 1. The van der Waals surface area contributed by atoms with Crippen LogP contribution in [0.5, 0.6) is 0 Å². The molecule has 0 unspecified atom stereocenters. The highest BCUT2D eigenvalue weighted by Gasteiger charge is 2.12. The van der Waals surface area contributed by atoms with Crippen LogP contribution in [0.25, 0.3) is 0 Å². The second-order valence-corrected chi connectivity index (χ2v) is 6.07. The molecular formula is C17H14Cl2N4O. The van der Waals surface area contributed by atoms with E-state index in [0.29, 0.717) is 28.1 Å². The predicted molar refractivity (Wildman–Crippen MR) is 94.7 cm³/mol. The molecule has 1 aromatic carbocycles. The van der Waals surface area contributed by atoms with Crippen LogP contribution in [0.15, 0.2) is 48.7 Å². The zero-order valence-corrected chi connectivity index (χ0v) is 14.3. The van der Waals surface area contributed by atoms with Gasteiger partial charge in [0.2, 0.25) is 0 Å². The fourth-order valence-electron chi connectivity index (χ4n) is 2.23. The number of aromatic nitrogens is 3. The normalized spacial score (nSPS) is 10.6. The lowest BCUT2D eigenvalue weighted by Gasteiger charge is -2.10. The molecule has 0 saturated heterocycles. The number of hydrogen-bond acceptors (Lipinski definition) is 3. The maximum Gasteiger partial charge on any atom is 0.275 e. The third-order valence-corrected chi connectivity index (χ3v) is 4.00. The Morgan fingerprint density at radius 1 is 1.21 bits per heavy atom. The summed E-state index contributed by atoms with van der Waals surface area (Å²) in [5.41, 5.74) is 1.99. The average molecular weight is 361 g/mol. The van der Waals surface area contributed by atoms with E-state index in [1.54, 1.807) is 41.2 Å². The summed E-state index contributed by atoms with van der Waals surface area (Å²) in [5, 5.41) is 8.17. The van der Waals surface area contributed by atoms with Crippen molar-refractivity contribution in [1.82, 2.24) is 14.8 Å². The average Bonchev–Trinajstić information content (AvgIpc) is 2.97. The van der Waals surface area contributed by atoms with Crippen molar-refractivity contribution < 1.29 is 4.79 Å². The highest BCUT2D eigenvalue weighted by atomic mass is 35.5. The predicted octanol–water partition coefficient (Wildman–Crippen LogP) is 4.19. The van der Waals surface area contributed by atoms with E-state index in [9.17, 15) is 4.79 Å². The summed E-state index contributed by atoms with van der Waals surface area (Å²) < 4.78 is 1.66. The number of anilines is 1. The van der Waals surface area contributed by atoms with E-state index in [-0.39, 0.29) is 5.91 Å². The Morgan fingerprint density at radius 3 is 2.79 bits per heavy atom. The third kappa shape index (κ3) is 3.75. The first-order valence-electron chi connectivity index (χ1n) is 7.23. The summed E-state index contributed by atoms with van der Waals surface area (Å²) in [4.78, 5) is 16.5. The highest BCUT2D eigenvalue weighted by Crippen LogP contribution is 2.22. The summed E-state index contributed by atoms with van der Waals surface area (Å²) in [6.45, 7) is 2.25. The number of nitrogens with zero attached hydrogens (tertiary/aromatic N) is 3. The Morgan fingerprint density at radius 2 is 2.04 bits per heavy atom. The molecule has 0 spiro atoms. The lowest BCUT2D eigenvalue weighted by molar-refractivity contribution is 0.102. The first-order valence-corrected chi connectivity index (χ1v) is 7.99. The Balaban J connectivity index is 1.79. The number of carbonyl (C=O) groups excluding carboxylic acids is 1. The number of aryl methyl sites for hydroxylation is 1. The second kappa shape index (κ2) is 7.03. The Kier molecular flexibility index (Phi) is 4.83. The first-order chi connectivity index (χ1) is 11.5. The minimum absolute atomic E-state index is 0.289. The van der Waals surface area contributed by atoms with Crippen LogP contribution in [-0.2, 0) is 6.54 Å². The zero-order valence-electron chi connectivity index (χ0n) is 12.8. The molecule has 0 fully saturated rings. The SMILES string of the molecule is Cc1cccc(C(=O)Nc2ccnn2Cc2ccc(Cl)cc2Cl)n1. The van der Waals surface area contributed by atoms with Gasteiger partial charge in [0.1, 0.15) is 11.5 Å². The van der Waals surface area contributed by atoms with Gasteiger partial charge < -0.3 is 5.32 Å². The maximum atomic E-state index is 12.3. The minimum atomic E-state index is -0.289. The maximum absolute atomic E-state index is 12.3. The van der Waals surface area contributed by atoms with Gasteiger partial charge in [-0.15, -0.1) is 0 Å². The van der Waals surface area contributed by atoms with Crippen molar-refractivity contribution in [2.45, 2.75) is 13.5 Å². The molecule has 0 aliphatic heterocycles. The number of carbonyl (C=O) groups is 1. The van der Waals surface area contributed by atoms with Crippen LogP contribution in [0.4, 0.5) is 5.82 Å². The van der Waals surface area contributed by atoms with Gasteiger partial charge in [-0.3, -0.25) is 4.79 Å². The quantitative estimate of drug-likeness (QED) is 0.758. The van der Waals surface area contributed by atoms with E-state index in [2.05, 4.69) is 15.4 Å². The van der Waals surface area contributed by atoms with Gasteiger partial charge in [-0.05, 0) is 36.8 Å². The van der Waals surface area contributed by atoms with Gasteiger partial charge in [0.25, 0.3) is 5.91 Å². The summed E-state index contributed by atoms with van der Waals surface area (Å²) in [6.07, 6.45) is 1.61. The van der Waals surface area contributed by atoms with Crippen LogP contribution < -0.4 is 5.32 Å². The van der Waals surface area contributed by atoms with Crippen molar-refractivity contribution in [3.8, 4) is 0 Å². The van der Waals surface area contributed by atoms with Gasteiger partial charge in [-0.2, -0.15) is 5.10 Å². The molecule has 24 heavy (non-hydrogen) atoms. The lowest BCUT2D eigenvalue weighted by atomic mass is 10.2. The van der Waals surface area contributed by atoms with Crippen molar-refractivity contribution in [2.24, 2.45) is 0 Å². The van der Waals surface area contributed by atoms with E-state index in [1.807, 2.05) is 19.1 Å². The van der Waals surface area contributed by atoms with Crippen LogP contribution in [0.2, 0.25) is 10.0 Å². The van der Waals surface area contributed by atoms with Crippen molar-refractivity contribution >= 4 is 34.9 Å². The number of rotatable bonds is 4. The van der Waals surface area contributed by atoms with Gasteiger partial charge in [-0.1, -0.05) is 35.3 Å². The topological polar surface area (TPSA) is 59.8 Å². The van der Waals surface area contributed by atoms with Gasteiger partial charge in [0, 0.05) is 21.8 Å². The highest BCUT2D eigenvalue weighted by molar-refractivity contribution is 6.35. The molecule has 0 aliphatic rings. The third-order valence-electron chi connectivity index (χ3n) is 3.41. The van der Waals surface area contributed by atoms with Crippen molar-refractivity contribution in [1.29, 1.82) is 0 Å².